The van der Waals surface area contributed by atoms with Crippen molar-refractivity contribution in [1.82, 2.24) is 10.6 Å². The lowest BCUT2D eigenvalue weighted by atomic mass is 10.0. The second kappa shape index (κ2) is 8.86. The Labute approximate surface area is 129 Å². The molecule has 7 nitrogen and oxygen atoms in total. The lowest BCUT2D eigenvalue weighted by Crippen LogP contribution is -2.49. The van der Waals surface area contributed by atoms with Gasteiger partial charge in [-0.2, -0.15) is 0 Å². The predicted molar refractivity (Wildman–Crippen MR) is 79.1 cm³/mol. The van der Waals surface area contributed by atoms with Crippen LogP contribution in [-0.4, -0.2) is 37.5 Å². The van der Waals surface area contributed by atoms with E-state index in [0.717, 1.165) is 0 Å². The zero-order valence-electron chi connectivity index (χ0n) is 13.0. The summed E-state index contributed by atoms with van der Waals surface area (Å²) in [6.45, 7) is 4.01. The summed E-state index contributed by atoms with van der Waals surface area (Å²) in [5.74, 6) is -0.974. The molecule has 0 spiro atoms. The number of methoxy groups -OCH3 is 1. The van der Waals surface area contributed by atoms with E-state index in [-0.39, 0.29) is 30.0 Å². The highest BCUT2D eigenvalue weighted by Crippen LogP contribution is 2.06. The molecule has 0 bridgehead atoms. The van der Waals surface area contributed by atoms with Gasteiger partial charge in [0.2, 0.25) is 5.91 Å². The Hall–Kier alpha value is -2.31. The van der Waals surface area contributed by atoms with Crippen molar-refractivity contribution in [1.29, 1.82) is 0 Å². The van der Waals surface area contributed by atoms with Crippen molar-refractivity contribution in [3.05, 3.63) is 24.2 Å². The van der Waals surface area contributed by atoms with E-state index in [4.69, 9.17) is 4.42 Å². The molecular weight excluding hydrogens is 288 g/mol. The standard InChI is InChI=1S/C15H22N2O5/c1-10(2)13(17-14(19)11-6-5-9-22-11)15(20)16-8-4-7-12(18)21-3/h5-6,9-10,13H,4,7-8H2,1-3H3,(H,16,20)(H,17,19)/t13-/m0/s1. The minimum Gasteiger partial charge on any atom is -0.469 e. The number of esters is 1. The fraction of sp³-hybridized carbons (Fsp3) is 0.533. The lowest BCUT2D eigenvalue weighted by Gasteiger charge is -2.21. The highest BCUT2D eigenvalue weighted by Gasteiger charge is 2.25. The van der Waals surface area contributed by atoms with Gasteiger partial charge in [0.25, 0.3) is 5.91 Å². The molecular formula is C15H22N2O5. The SMILES string of the molecule is COC(=O)CCCNC(=O)[C@@H](NC(=O)c1ccco1)C(C)C. The first-order valence-corrected chi connectivity index (χ1v) is 7.14. The average molecular weight is 310 g/mol. The first-order chi connectivity index (χ1) is 10.5. The maximum Gasteiger partial charge on any atom is 0.305 e. The van der Waals surface area contributed by atoms with Gasteiger partial charge in [-0.1, -0.05) is 13.8 Å². The topological polar surface area (TPSA) is 97.6 Å². The summed E-state index contributed by atoms with van der Waals surface area (Å²) >= 11 is 0. The molecule has 22 heavy (non-hydrogen) atoms. The summed E-state index contributed by atoms with van der Waals surface area (Å²) in [4.78, 5) is 35.0. The normalized spacial score (nSPS) is 11.8. The van der Waals surface area contributed by atoms with Crippen LogP contribution in [0.15, 0.2) is 22.8 Å². The summed E-state index contributed by atoms with van der Waals surface area (Å²) < 4.78 is 9.52. The quantitative estimate of drug-likeness (QED) is 0.553. The smallest absolute Gasteiger partial charge is 0.305 e. The molecule has 2 N–H and O–H groups in total. The van der Waals surface area contributed by atoms with Gasteiger partial charge in [-0.05, 0) is 24.5 Å². The molecule has 0 fully saturated rings. The van der Waals surface area contributed by atoms with Gasteiger partial charge in [-0.25, -0.2) is 0 Å². The maximum atomic E-state index is 12.1. The number of hydrogen-bond donors (Lipinski definition) is 2. The molecule has 0 radical (unpaired) electrons. The maximum absolute atomic E-state index is 12.1. The minimum atomic E-state index is -0.671. The number of carbonyl (C=O) groups is 3. The zero-order chi connectivity index (χ0) is 16.5. The van der Waals surface area contributed by atoms with Gasteiger partial charge >= 0.3 is 5.97 Å². The van der Waals surface area contributed by atoms with Crippen molar-refractivity contribution in [2.75, 3.05) is 13.7 Å². The number of rotatable bonds is 8. The van der Waals surface area contributed by atoms with Crippen molar-refractivity contribution in [3.8, 4) is 0 Å². The fourth-order valence-corrected chi connectivity index (χ4v) is 1.81. The number of amides is 2. The van der Waals surface area contributed by atoms with Crippen LogP contribution in [0.25, 0.3) is 0 Å². The van der Waals surface area contributed by atoms with Gasteiger partial charge in [0.15, 0.2) is 5.76 Å². The van der Waals surface area contributed by atoms with Gasteiger partial charge in [-0.3, -0.25) is 14.4 Å². The number of carbonyl (C=O) groups excluding carboxylic acids is 3. The molecule has 0 aliphatic heterocycles. The molecule has 0 aromatic carbocycles. The van der Waals surface area contributed by atoms with Crippen LogP contribution in [0, 0.1) is 5.92 Å². The highest BCUT2D eigenvalue weighted by molar-refractivity contribution is 5.95. The third-order valence-corrected chi connectivity index (χ3v) is 3.07. The molecule has 1 rings (SSSR count). The third kappa shape index (κ3) is 5.59. The molecule has 1 aromatic rings. The van der Waals surface area contributed by atoms with Crippen LogP contribution in [0.2, 0.25) is 0 Å². The van der Waals surface area contributed by atoms with E-state index < -0.39 is 11.9 Å². The van der Waals surface area contributed by atoms with Crippen molar-refractivity contribution >= 4 is 17.8 Å². The summed E-state index contributed by atoms with van der Waals surface area (Å²) in [5, 5.41) is 5.35. The van der Waals surface area contributed by atoms with E-state index in [1.165, 1.54) is 19.4 Å². The fourth-order valence-electron chi connectivity index (χ4n) is 1.81. The van der Waals surface area contributed by atoms with Crippen LogP contribution in [0.4, 0.5) is 0 Å². The molecule has 1 aromatic heterocycles. The van der Waals surface area contributed by atoms with Gasteiger partial charge in [-0.15, -0.1) is 0 Å². The summed E-state index contributed by atoms with van der Waals surface area (Å²) in [5.41, 5.74) is 0. The van der Waals surface area contributed by atoms with Crippen LogP contribution < -0.4 is 10.6 Å². The van der Waals surface area contributed by atoms with E-state index >= 15 is 0 Å². The number of nitrogens with one attached hydrogen (secondary N) is 2. The lowest BCUT2D eigenvalue weighted by molar-refractivity contribution is -0.140. The van der Waals surface area contributed by atoms with E-state index in [0.29, 0.717) is 13.0 Å². The second-order valence-corrected chi connectivity index (χ2v) is 5.14. The first-order valence-electron chi connectivity index (χ1n) is 7.14. The molecule has 1 heterocycles. The molecule has 7 heteroatoms. The van der Waals surface area contributed by atoms with E-state index in [9.17, 15) is 14.4 Å². The second-order valence-electron chi connectivity index (χ2n) is 5.14. The molecule has 0 aliphatic carbocycles. The predicted octanol–water partition coefficient (Wildman–Crippen LogP) is 1.10. The summed E-state index contributed by atoms with van der Waals surface area (Å²) in [7, 11) is 1.32. The Bertz CT molecular complexity index is 496. The third-order valence-electron chi connectivity index (χ3n) is 3.07. The Morgan fingerprint density at radius 1 is 1.32 bits per heavy atom. The Kier molecular flexibility index (Phi) is 7.15. The van der Waals surface area contributed by atoms with Crippen LogP contribution in [0.5, 0.6) is 0 Å². The van der Waals surface area contributed by atoms with Crippen molar-refractivity contribution in [2.24, 2.45) is 5.92 Å². The number of hydrogen-bond acceptors (Lipinski definition) is 5. The van der Waals surface area contributed by atoms with Crippen LogP contribution in [-0.2, 0) is 14.3 Å². The first kappa shape index (κ1) is 17.7. The largest absolute Gasteiger partial charge is 0.469 e. The van der Waals surface area contributed by atoms with Crippen LogP contribution in [0.3, 0.4) is 0 Å². The molecule has 2 amide bonds. The van der Waals surface area contributed by atoms with Gasteiger partial charge in [0.1, 0.15) is 6.04 Å². The molecule has 0 aliphatic rings. The van der Waals surface area contributed by atoms with E-state index in [2.05, 4.69) is 15.4 Å². The molecule has 0 saturated heterocycles. The Balaban J connectivity index is 2.46. The zero-order valence-corrected chi connectivity index (χ0v) is 13.0. The molecule has 122 valence electrons. The molecule has 1 atom stereocenters. The van der Waals surface area contributed by atoms with E-state index in [1.54, 1.807) is 6.07 Å². The average Bonchev–Trinajstić information content (AvgIpc) is 3.02. The molecule has 0 unspecified atom stereocenters. The van der Waals surface area contributed by atoms with Crippen molar-refractivity contribution in [2.45, 2.75) is 32.7 Å². The highest BCUT2D eigenvalue weighted by atomic mass is 16.5. The van der Waals surface area contributed by atoms with E-state index in [1.807, 2.05) is 13.8 Å². The number of furan rings is 1. The molecule has 0 saturated carbocycles. The van der Waals surface area contributed by atoms with Crippen LogP contribution >= 0.6 is 0 Å². The van der Waals surface area contributed by atoms with Crippen LogP contribution in [0.1, 0.15) is 37.2 Å². The monoisotopic (exact) mass is 310 g/mol. The van der Waals surface area contributed by atoms with Gasteiger partial charge < -0.3 is 19.8 Å². The summed E-state index contributed by atoms with van der Waals surface area (Å²) in [6.07, 6.45) is 2.11. The summed E-state index contributed by atoms with van der Waals surface area (Å²) in [6, 6.07) is 2.46. The Morgan fingerprint density at radius 2 is 2.05 bits per heavy atom. The van der Waals surface area contributed by atoms with Crippen molar-refractivity contribution in [3.63, 3.8) is 0 Å². The Morgan fingerprint density at radius 3 is 2.59 bits per heavy atom. The van der Waals surface area contributed by atoms with Gasteiger partial charge in [0, 0.05) is 13.0 Å². The van der Waals surface area contributed by atoms with Gasteiger partial charge in [0.05, 0.1) is 13.4 Å². The number of ether oxygens (including phenoxy) is 1. The minimum absolute atomic E-state index is 0.0838. The van der Waals surface area contributed by atoms with Crippen molar-refractivity contribution < 1.29 is 23.5 Å².